The van der Waals surface area contributed by atoms with Gasteiger partial charge in [-0.05, 0) is 49.1 Å². The largest absolute Gasteiger partial charge is 0.505 e. The van der Waals surface area contributed by atoms with Gasteiger partial charge in [0.1, 0.15) is 23.7 Å². The second-order valence-electron chi connectivity index (χ2n) is 11.3. The Bertz CT molecular complexity index is 1980. The van der Waals surface area contributed by atoms with Crippen molar-refractivity contribution in [2.45, 2.75) is 39.4 Å². The number of fused-ring (bicyclic) bond motifs is 1. The van der Waals surface area contributed by atoms with E-state index in [9.17, 15) is 32.7 Å². The molecule has 6 heterocycles. The molecule has 2 aliphatic rings. The fraction of sp³-hybridized carbons (Fsp3) is 0.387. The molecule has 2 amide bonds. The molecule has 0 bridgehead atoms. The number of rotatable bonds is 7. The van der Waals surface area contributed by atoms with Crippen molar-refractivity contribution in [1.29, 1.82) is 0 Å². The van der Waals surface area contributed by atoms with Crippen LogP contribution in [-0.4, -0.2) is 90.3 Å². The van der Waals surface area contributed by atoms with E-state index in [-0.39, 0.29) is 66.9 Å². The molecular weight excluding hydrogens is 635 g/mol. The van der Waals surface area contributed by atoms with Crippen molar-refractivity contribution in [1.82, 2.24) is 34.0 Å². The number of hydrogen-bond donors (Lipinski definition) is 2. The number of amides is 2. The number of aromatic hydroxyl groups is 1. The van der Waals surface area contributed by atoms with Gasteiger partial charge in [-0.15, -0.1) is 5.10 Å². The predicted octanol–water partition coefficient (Wildman–Crippen LogP) is 2.68. The predicted molar refractivity (Wildman–Crippen MR) is 167 cm³/mol. The number of nitrogens with one attached hydrogen (secondary N) is 1. The minimum Gasteiger partial charge on any atom is -0.505 e. The lowest BCUT2D eigenvalue weighted by Crippen LogP contribution is -2.51. The van der Waals surface area contributed by atoms with Crippen LogP contribution >= 0.6 is 0 Å². The van der Waals surface area contributed by atoms with Gasteiger partial charge in [-0.3, -0.25) is 14.4 Å². The molecule has 6 rings (SSSR count). The third-order valence-electron chi connectivity index (χ3n) is 8.26. The highest BCUT2D eigenvalue weighted by molar-refractivity contribution is 5.95. The van der Waals surface area contributed by atoms with Crippen LogP contribution in [0.2, 0.25) is 0 Å². The van der Waals surface area contributed by atoms with Crippen LogP contribution in [0.4, 0.5) is 24.5 Å². The van der Waals surface area contributed by atoms with Crippen LogP contribution in [-0.2, 0) is 28.7 Å². The van der Waals surface area contributed by atoms with Gasteiger partial charge < -0.3 is 29.5 Å². The van der Waals surface area contributed by atoms with Crippen LogP contribution in [0.15, 0.2) is 41.5 Å². The minimum atomic E-state index is -4.63. The zero-order chi connectivity index (χ0) is 34.2. The maximum absolute atomic E-state index is 14.1. The summed E-state index contributed by atoms with van der Waals surface area (Å²) in [4.78, 5) is 56.1. The number of pyridine rings is 2. The molecule has 0 spiro atoms. The van der Waals surface area contributed by atoms with Crippen LogP contribution in [0, 0.1) is 6.92 Å². The van der Waals surface area contributed by atoms with Gasteiger partial charge in [-0.25, -0.2) is 9.97 Å². The molecule has 252 valence electrons. The van der Waals surface area contributed by atoms with Crippen molar-refractivity contribution in [3.63, 3.8) is 0 Å². The molecule has 0 aliphatic carbocycles. The van der Waals surface area contributed by atoms with Crippen LogP contribution < -0.4 is 15.8 Å². The first-order chi connectivity index (χ1) is 23.0. The van der Waals surface area contributed by atoms with E-state index in [2.05, 4.69) is 25.4 Å². The number of ether oxygens (including phenoxy) is 1. The number of carbonyl (C=O) groups excluding carboxylic acids is 2. The number of nitrogens with zero attached hydrogens (tertiary/aromatic N) is 8. The standard InChI is InChI=1S/C31H32F3N9O5/c1-3-21-26(40-9-11-41(12-10-40)28(46)25-22(44)5-4-8-35-25)29(47)43-30(38-27(39-43)19-6-13-48-14-7-19)42(21)17-24(45)37-20-16-36-23(15-18(20)2)31(32,33)34/h4-6,8,15-16,44H,3,7,9-14,17H2,1-2H3,(H,37,45). The highest BCUT2D eigenvalue weighted by Crippen LogP contribution is 2.30. The van der Waals surface area contributed by atoms with Crippen LogP contribution in [0.25, 0.3) is 11.4 Å². The average Bonchev–Trinajstić information content (AvgIpc) is 3.53. The monoisotopic (exact) mass is 667 g/mol. The van der Waals surface area contributed by atoms with E-state index < -0.39 is 29.2 Å². The van der Waals surface area contributed by atoms with Crippen LogP contribution in [0.1, 0.15) is 46.6 Å². The summed E-state index contributed by atoms with van der Waals surface area (Å²) in [7, 11) is 0. The maximum atomic E-state index is 14.1. The highest BCUT2D eigenvalue weighted by Gasteiger charge is 2.33. The number of hydrogen-bond acceptors (Lipinski definition) is 10. The Balaban J connectivity index is 1.35. The third kappa shape index (κ3) is 6.32. The number of aryl methyl sites for hydroxylation is 1. The first-order valence-corrected chi connectivity index (χ1v) is 15.3. The summed E-state index contributed by atoms with van der Waals surface area (Å²) in [5.74, 6) is -0.802. The van der Waals surface area contributed by atoms with Gasteiger partial charge in [0.25, 0.3) is 11.5 Å². The normalized spacial score (nSPS) is 15.5. The van der Waals surface area contributed by atoms with Crippen molar-refractivity contribution in [2.75, 3.05) is 49.6 Å². The molecule has 2 N–H and O–H groups in total. The molecule has 0 unspecified atom stereocenters. The Morgan fingerprint density at radius 1 is 1.15 bits per heavy atom. The molecule has 0 atom stereocenters. The summed E-state index contributed by atoms with van der Waals surface area (Å²) < 4.78 is 47.6. The van der Waals surface area contributed by atoms with E-state index in [1.807, 2.05) is 17.9 Å². The van der Waals surface area contributed by atoms with Gasteiger partial charge in [0.05, 0.1) is 30.8 Å². The number of anilines is 2. The first-order valence-electron chi connectivity index (χ1n) is 15.3. The fourth-order valence-electron chi connectivity index (χ4n) is 5.82. The highest BCUT2D eigenvalue weighted by atomic mass is 19.4. The smallest absolute Gasteiger partial charge is 0.433 e. The zero-order valence-electron chi connectivity index (χ0n) is 26.1. The van der Waals surface area contributed by atoms with E-state index in [4.69, 9.17) is 4.74 Å². The Hall–Kier alpha value is -5.32. The van der Waals surface area contributed by atoms with Crippen molar-refractivity contribution in [2.24, 2.45) is 0 Å². The number of alkyl halides is 3. The number of carbonyl (C=O) groups is 2. The molecule has 48 heavy (non-hydrogen) atoms. The van der Waals surface area contributed by atoms with Crippen LogP contribution in [0.5, 0.6) is 5.75 Å². The van der Waals surface area contributed by atoms with Crippen molar-refractivity contribution < 1.29 is 32.6 Å². The number of halogens is 3. The van der Waals surface area contributed by atoms with Gasteiger partial charge in [0.2, 0.25) is 11.7 Å². The molecular formula is C31H32F3N9O5. The second kappa shape index (κ2) is 13.1. The van der Waals surface area contributed by atoms with E-state index in [1.165, 1.54) is 25.3 Å². The SMILES string of the molecule is CCc1c(N2CCN(C(=O)c3ncccc3O)CC2)c(=O)n2nc(C3=CCOCC3)nc2n1CC(=O)Nc1cnc(C(F)(F)F)cc1C. The second-order valence-corrected chi connectivity index (χ2v) is 11.3. The lowest BCUT2D eigenvalue weighted by atomic mass is 10.1. The molecule has 17 heteroatoms. The molecule has 0 aromatic carbocycles. The van der Waals surface area contributed by atoms with E-state index in [0.717, 1.165) is 22.4 Å². The first kappa shape index (κ1) is 32.6. The Morgan fingerprint density at radius 3 is 2.56 bits per heavy atom. The molecule has 4 aromatic rings. The zero-order valence-corrected chi connectivity index (χ0v) is 26.1. The van der Waals surface area contributed by atoms with E-state index in [1.54, 1.807) is 9.47 Å². The van der Waals surface area contributed by atoms with E-state index in [0.29, 0.717) is 37.6 Å². The summed E-state index contributed by atoms with van der Waals surface area (Å²) >= 11 is 0. The molecule has 14 nitrogen and oxygen atoms in total. The lowest BCUT2D eigenvalue weighted by molar-refractivity contribution is -0.141. The summed E-state index contributed by atoms with van der Waals surface area (Å²) in [5.41, 5.74) is 0.266. The molecule has 1 fully saturated rings. The summed E-state index contributed by atoms with van der Waals surface area (Å²) in [5, 5.41) is 17.3. The lowest BCUT2D eigenvalue weighted by Gasteiger charge is -2.36. The van der Waals surface area contributed by atoms with Gasteiger partial charge in [0.15, 0.2) is 11.5 Å². The molecule has 1 saturated heterocycles. The number of piperazine rings is 1. The Labute approximate surface area is 271 Å². The molecule has 4 aromatic heterocycles. The Morgan fingerprint density at radius 2 is 1.92 bits per heavy atom. The molecule has 0 saturated carbocycles. The van der Waals surface area contributed by atoms with Crippen molar-refractivity contribution >= 4 is 34.5 Å². The average molecular weight is 668 g/mol. The van der Waals surface area contributed by atoms with Gasteiger partial charge in [-0.2, -0.15) is 22.7 Å². The minimum absolute atomic E-state index is 0.0639. The summed E-state index contributed by atoms with van der Waals surface area (Å²) in [6.45, 7) is 4.73. The quantitative estimate of drug-likeness (QED) is 0.300. The van der Waals surface area contributed by atoms with Crippen molar-refractivity contribution in [3.05, 3.63) is 75.5 Å². The maximum Gasteiger partial charge on any atom is 0.433 e. The fourth-order valence-corrected chi connectivity index (χ4v) is 5.82. The third-order valence-corrected chi connectivity index (χ3v) is 8.26. The molecule has 2 aliphatic heterocycles. The topological polar surface area (TPSA) is 160 Å². The number of aromatic nitrogens is 6. The van der Waals surface area contributed by atoms with Crippen molar-refractivity contribution in [3.8, 4) is 5.75 Å². The summed E-state index contributed by atoms with van der Waals surface area (Å²) in [6, 6.07) is 3.76. The van der Waals surface area contributed by atoms with E-state index >= 15 is 0 Å². The Kier molecular flexibility index (Phi) is 8.87. The van der Waals surface area contributed by atoms with Crippen LogP contribution in [0.3, 0.4) is 0 Å². The summed E-state index contributed by atoms with van der Waals surface area (Å²) in [6.07, 6.45) is 0.420. The van der Waals surface area contributed by atoms with Gasteiger partial charge >= 0.3 is 6.18 Å². The van der Waals surface area contributed by atoms with Gasteiger partial charge in [0, 0.05) is 32.4 Å². The molecule has 0 radical (unpaired) electrons. The van der Waals surface area contributed by atoms with Gasteiger partial charge in [-0.1, -0.05) is 13.0 Å².